The Hall–Kier alpha value is -3.88. The van der Waals surface area contributed by atoms with Crippen LogP contribution in [0.15, 0.2) is 107 Å². The van der Waals surface area contributed by atoms with Gasteiger partial charge in [-0.3, -0.25) is 9.59 Å². The molecule has 0 heterocycles. The molecule has 2 N–H and O–H groups in total. The molecule has 44 heavy (non-hydrogen) atoms. The maximum absolute atomic E-state index is 13.2. The Morgan fingerprint density at radius 3 is 1.45 bits per heavy atom. The number of rotatable bonds is 17. The highest BCUT2D eigenvalue weighted by Gasteiger charge is 2.15. The fourth-order valence-corrected chi connectivity index (χ4v) is 6.62. The molecule has 8 heteroatoms. The molecule has 0 aromatic heterocycles. The molecule has 0 spiro atoms. The molecule has 0 aliphatic heterocycles. The van der Waals surface area contributed by atoms with Crippen LogP contribution in [0.5, 0.6) is 11.5 Å². The summed E-state index contributed by atoms with van der Waals surface area (Å²) >= 11 is 0. The number of hydrogen-bond acceptors (Lipinski definition) is 6. The van der Waals surface area contributed by atoms with Gasteiger partial charge in [0.1, 0.15) is 11.5 Å². The normalized spacial score (nSPS) is 10.7. The summed E-state index contributed by atoms with van der Waals surface area (Å²) < 4.78 is 11.6. The van der Waals surface area contributed by atoms with Gasteiger partial charge in [0.25, 0.3) is 11.8 Å². The Labute approximate surface area is 268 Å². The zero-order valence-corrected chi connectivity index (χ0v) is 27.0. The monoisotopic (exact) mass is 628 g/mol. The Morgan fingerprint density at radius 2 is 1.02 bits per heavy atom. The predicted octanol–water partition coefficient (Wildman–Crippen LogP) is 8.70. The SMILES string of the molecule is CCCCOc1cccc(CNC(=O)c2ccccc2SSc2ccccc2C(=O)NCc2cccc(OCCCC)c2)c1. The average molecular weight is 629 g/mol. The highest BCUT2D eigenvalue weighted by Crippen LogP contribution is 2.40. The van der Waals surface area contributed by atoms with Crippen molar-refractivity contribution < 1.29 is 19.1 Å². The molecule has 0 unspecified atom stereocenters. The first-order chi connectivity index (χ1) is 21.6. The van der Waals surface area contributed by atoms with Gasteiger partial charge >= 0.3 is 0 Å². The van der Waals surface area contributed by atoms with E-state index in [-0.39, 0.29) is 11.8 Å². The van der Waals surface area contributed by atoms with Crippen LogP contribution in [-0.4, -0.2) is 25.0 Å². The van der Waals surface area contributed by atoms with E-state index >= 15 is 0 Å². The van der Waals surface area contributed by atoms with E-state index in [0.717, 1.165) is 58.1 Å². The summed E-state index contributed by atoms with van der Waals surface area (Å²) in [5.41, 5.74) is 3.12. The van der Waals surface area contributed by atoms with Crippen molar-refractivity contribution >= 4 is 33.4 Å². The maximum atomic E-state index is 13.2. The topological polar surface area (TPSA) is 76.7 Å². The molecule has 0 aliphatic carbocycles. The number of carbonyl (C=O) groups excluding carboxylic acids is 2. The minimum absolute atomic E-state index is 0.155. The van der Waals surface area contributed by atoms with Crippen LogP contribution in [0.2, 0.25) is 0 Å². The third-order valence-corrected chi connectivity index (χ3v) is 9.20. The van der Waals surface area contributed by atoms with Gasteiger partial charge in [-0.1, -0.05) is 96.8 Å². The van der Waals surface area contributed by atoms with E-state index in [2.05, 4.69) is 24.5 Å². The van der Waals surface area contributed by atoms with Gasteiger partial charge in [0.05, 0.1) is 24.3 Å². The van der Waals surface area contributed by atoms with Crippen molar-refractivity contribution in [3.8, 4) is 11.5 Å². The van der Waals surface area contributed by atoms with Crippen LogP contribution in [0.1, 0.15) is 71.4 Å². The molecule has 6 nitrogen and oxygen atoms in total. The van der Waals surface area contributed by atoms with Crippen LogP contribution in [0.4, 0.5) is 0 Å². The first-order valence-corrected chi connectivity index (χ1v) is 17.2. The summed E-state index contributed by atoms with van der Waals surface area (Å²) in [6, 6.07) is 30.7. The third-order valence-electron chi connectivity index (χ3n) is 6.72. The zero-order chi connectivity index (χ0) is 31.0. The molecule has 0 aliphatic rings. The Kier molecular flexibility index (Phi) is 13.5. The minimum Gasteiger partial charge on any atom is -0.494 e. The van der Waals surface area contributed by atoms with E-state index < -0.39 is 0 Å². The third kappa shape index (κ3) is 10.4. The molecule has 4 rings (SSSR count). The molecule has 230 valence electrons. The van der Waals surface area contributed by atoms with Crippen molar-refractivity contribution in [1.29, 1.82) is 0 Å². The van der Waals surface area contributed by atoms with Crippen LogP contribution in [0.3, 0.4) is 0 Å². The van der Waals surface area contributed by atoms with Crippen molar-refractivity contribution in [2.24, 2.45) is 0 Å². The largest absolute Gasteiger partial charge is 0.494 e. The molecule has 2 amide bonds. The van der Waals surface area contributed by atoms with Crippen LogP contribution in [0.25, 0.3) is 0 Å². The van der Waals surface area contributed by atoms with Crippen molar-refractivity contribution in [3.05, 3.63) is 119 Å². The number of hydrogen-bond donors (Lipinski definition) is 2. The second-order valence-corrected chi connectivity index (χ2v) is 12.4. The zero-order valence-electron chi connectivity index (χ0n) is 25.3. The number of carbonyl (C=O) groups is 2. The predicted molar refractivity (Wildman–Crippen MR) is 181 cm³/mol. The fourth-order valence-electron chi connectivity index (χ4n) is 4.26. The van der Waals surface area contributed by atoms with Gasteiger partial charge in [-0.25, -0.2) is 0 Å². The first-order valence-electron chi connectivity index (χ1n) is 15.1. The molecule has 0 atom stereocenters. The Bertz CT molecular complexity index is 1400. The van der Waals surface area contributed by atoms with Crippen LogP contribution in [0, 0.1) is 0 Å². The van der Waals surface area contributed by atoms with Crippen molar-refractivity contribution in [2.45, 2.75) is 62.4 Å². The second-order valence-electron chi connectivity index (χ2n) is 10.2. The van der Waals surface area contributed by atoms with Gasteiger partial charge in [-0.05, 0) is 72.5 Å². The smallest absolute Gasteiger partial charge is 0.252 e. The molecule has 4 aromatic rings. The van der Waals surface area contributed by atoms with E-state index in [4.69, 9.17) is 9.47 Å². The van der Waals surface area contributed by atoms with Crippen molar-refractivity contribution in [1.82, 2.24) is 10.6 Å². The lowest BCUT2D eigenvalue weighted by Crippen LogP contribution is -2.23. The summed E-state index contributed by atoms with van der Waals surface area (Å²) in [6.45, 7) is 6.42. The number of amides is 2. The number of nitrogens with one attached hydrogen (secondary N) is 2. The van der Waals surface area contributed by atoms with Gasteiger partial charge in [-0.2, -0.15) is 0 Å². The van der Waals surface area contributed by atoms with E-state index in [0.29, 0.717) is 37.4 Å². The van der Waals surface area contributed by atoms with Gasteiger partial charge in [0.15, 0.2) is 0 Å². The Balaban J connectivity index is 1.34. The van der Waals surface area contributed by atoms with Crippen LogP contribution in [-0.2, 0) is 13.1 Å². The molecule has 0 bridgehead atoms. The molecule has 0 fully saturated rings. The maximum Gasteiger partial charge on any atom is 0.252 e. The summed E-state index contributed by atoms with van der Waals surface area (Å²) in [5, 5.41) is 6.08. The van der Waals surface area contributed by atoms with Gasteiger partial charge in [0, 0.05) is 22.9 Å². The first kappa shape index (κ1) is 33.0. The number of ether oxygens (including phenoxy) is 2. The number of benzene rings is 4. The molecule has 4 aromatic carbocycles. The van der Waals surface area contributed by atoms with Gasteiger partial charge < -0.3 is 20.1 Å². The van der Waals surface area contributed by atoms with E-state index in [1.165, 1.54) is 21.6 Å². The average Bonchev–Trinajstić information content (AvgIpc) is 3.06. The lowest BCUT2D eigenvalue weighted by atomic mass is 10.2. The summed E-state index contributed by atoms with van der Waals surface area (Å²) in [5.74, 6) is 1.31. The summed E-state index contributed by atoms with van der Waals surface area (Å²) in [7, 11) is 2.92. The highest BCUT2D eigenvalue weighted by molar-refractivity contribution is 8.76. The minimum atomic E-state index is -0.155. The summed E-state index contributed by atoms with van der Waals surface area (Å²) in [6.07, 6.45) is 4.17. The molecule has 0 saturated carbocycles. The lowest BCUT2D eigenvalue weighted by Gasteiger charge is -2.13. The van der Waals surface area contributed by atoms with Gasteiger partial charge in [0.2, 0.25) is 0 Å². The van der Waals surface area contributed by atoms with Crippen LogP contribution >= 0.6 is 21.6 Å². The fraction of sp³-hybridized carbons (Fsp3) is 0.278. The highest BCUT2D eigenvalue weighted by atomic mass is 33.1. The standard InChI is InChI=1S/C36H40N2O4S2/c1-3-5-21-41-29-15-11-13-27(23-29)25-37-35(39)31-17-7-9-19-33(31)43-44-34-20-10-8-18-32(34)36(40)38-26-28-14-12-16-30(24-28)42-22-6-4-2/h7-20,23-24H,3-6,21-22,25-26H2,1-2H3,(H,37,39)(H,38,40). The van der Waals surface area contributed by atoms with Gasteiger partial charge in [-0.15, -0.1) is 0 Å². The quantitative estimate of drug-likeness (QED) is 0.0900. The molecular formula is C36H40N2O4S2. The Morgan fingerprint density at radius 1 is 0.591 bits per heavy atom. The molecule has 0 saturated heterocycles. The van der Waals surface area contributed by atoms with E-state index in [9.17, 15) is 9.59 Å². The number of unbranched alkanes of at least 4 members (excludes halogenated alkanes) is 2. The van der Waals surface area contributed by atoms with Crippen LogP contribution < -0.4 is 20.1 Å². The lowest BCUT2D eigenvalue weighted by molar-refractivity contribution is 0.0940. The van der Waals surface area contributed by atoms with E-state index in [1.807, 2.05) is 97.1 Å². The van der Waals surface area contributed by atoms with E-state index in [1.54, 1.807) is 0 Å². The second kappa shape index (κ2) is 18.0. The summed E-state index contributed by atoms with van der Waals surface area (Å²) in [4.78, 5) is 28.0. The molecule has 0 radical (unpaired) electrons. The van der Waals surface area contributed by atoms with Crippen molar-refractivity contribution in [2.75, 3.05) is 13.2 Å². The molecular weight excluding hydrogens is 589 g/mol. The van der Waals surface area contributed by atoms with Crippen molar-refractivity contribution in [3.63, 3.8) is 0 Å².